The molecule has 0 aliphatic carbocycles. The quantitative estimate of drug-likeness (QED) is 0.693. The van der Waals surface area contributed by atoms with Gasteiger partial charge in [0.2, 0.25) is 5.95 Å². The average molecular weight is 307 g/mol. The van der Waals surface area contributed by atoms with Crippen molar-refractivity contribution in [1.29, 1.82) is 0 Å². The number of hydrogen-bond acceptors (Lipinski definition) is 5. The summed E-state index contributed by atoms with van der Waals surface area (Å²) in [7, 11) is 0. The Morgan fingerprint density at radius 2 is 1.71 bits per heavy atom. The molecule has 0 bridgehead atoms. The summed E-state index contributed by atoms with van der Waals surface area (Å²) < 4.78 is 0.964. The van der Waals surface area contributed by atoms with Crippen LogP contribution in [0.2, 0.25) is 0 Å². The molecule has 0 aromatic carbocycles. The molecule has 0 amide bonds. The van der Waals surface area contributed by atoms with Crippen LogP contribution in [-0.2, 0) is 0 Å². The first-order valence-electron chi connectivity index (χ1n) is 4.25. The standard InChI is InChI=1S/C8H10IN3O2/c9-5-1-10-8(11-2-5)12-3-6(13)7(14)4-12/h1-2,6-7,13-14H,3-4H2. The fourth-order valence-electron chi connectivity index (χ4n) is 1.40. The van der Waals surface area contributed by atoms with Crippen LogP contribution in [0.1, 0.15) is 0 Å². The number of hydrogen-bond donors (Lipinski definition) is 2. The zero-order valence-electron chi connectivity index (χ0n) is 7.34. The van der Waals surface area contributed by atoms with Crippen LogP contribution in [0.3, 0.4) is 0 Å². The van der Waals surface area contributed by atoms with Crippen molar-refractivity contribution >= 4 is 28.5 Å². The smallest absolute Gasteiger partial charge is 0.225 e. The summed E-state index contributed by atoms with van der Waals surface area (Å²) in [5.74, 6) is 0.556. The Labute approximate surface area is 94.9 Å². The summed E-state index contributed by atoms with van der Waals surface area (Å²) in [5.41, 5.74) is 0. The Hall–Kier alpha value is -0.470. The van der Waals surface area contributed by atoms with Crippen LogP contribution >= 0.6 is 22.6 Å². The second kappa shape index (κ2) is 3.95. The third kappa shape index (κ3) is 1.96. The number of aliphatic hydroxyl groups is 2. The van der Waals surface area contributed by atoms with Crippen molar-refractivity contribution < 1.29 is 10.2 Å². The summed E-state index contributed by atoms with van der Waals surface area (Å²) in [4.78, 5) is 10.00. The van der Waals surface area contributed by atoms with Gasteiger partial charge in [-0.25, -0.2) is 9.97 Å². The van der Waals surface area contributed by atoms with Gasteiger partial charge in [-0.15, -0.1) is 0 Å². The highest BCUT2D eigenvalue weighted by atomic mass is 127. The minimum Gasteiger partial charge on any atom is -0.388 e. The molecule has 0 radical (unpaired) electrons. The molecule has 1 aliphatic rings. The predicted octanol–water partition coefficient (Wildman–Crippen LogP) is -0.377. The zero-order valence-corrected chi connectivity index (χ0v) is 9.50. The van der Waals surface area contributed by atoms with E-state index in [2.05, 4.69) is 32.6 Å². The number of nitrogens with zero attached hydrogens (tertiary/aromatic N) is 3. The van der Waals surface area contributed by atoms with E-state index in [0.29, 0.717) is 19.0 Å². The number of halogens is 1. The Morgan fingerprint density at radius 1 is 1.21 bits per heavy atom. The molecule has 1 fully saturated rings. The van der Waals surface area contributed by atoms with Gasteiger partial charge >= 0.3 is 0 Å². The van der Waals surface area contributed by atoms with Crippen molar-refractivity contribution in [2.45, 2.75) is 12.2 Å². The first kappa shape index (κ1) is 10.1. The van der Waals surface area contributed by atoms with E-state index in [4.69, 9.17) is 0 Å². The fourth-order valence-corrected chi connectivity index (χ4v) is 1.68. The number of aromatic nitrogens is 2. The van der Waals surface area contributed by atoms with E-state index in [1.807, 2.05) is 0 Å². The summed E-state index contributed by atoms with van der Waals surface area (Å²) in [6.45, 7) is 0.781. The van der Waals surface area contributed by atoms with Gasteiger partial charge in [0.1, 0.15) is 0 Å². The van der Waals surface area contributed by atoms with Crippen LogP contribution in [0.4, 0.5) is 5.95 Å². The van der Waals surface area contributed by atoms with Crippen molar-refractivity contribution in [1.82, 2.24) is 9.97 Å². The molecule has 5 nitrogen and oxygen atoms in total. The minimum atomic E-state index is -0.696. The molecule has 1 aromatic heterocycles. The van der Waals surface area contributed by atoms with Crippen LogP contribution in [0.5, 0.6) is 0 Å². The Bertz CT molecular complexity index is 309. The highest BCUT2D eigenvalue weighted by Crippen LogP contribution is 2.16. The van der Waals surface area contributed by atoms with Crippen molar-refractivity contribution in [3.05, 3.63) is 16.0 Å². The first-order chi connectivity index (χ1) is 6.66. The van der Waals surface area contributed by atoms with Crippen molar-refractivity contribution in [3.8, 4) is 0 Å². The number of β-amino-alcohol motifs (C(OH)–C–C–N with tert-alkyl or cyclic N) is 2. The predicted molar refractivity (Wildman–Crippen MR) is 59.0 cm³/mol. The molecule has 1 aliphatic heterocycles. The van der Waals surface area contributed by atoms with Gasteiger partial charge in [0.05, 0.1) is 12.2 Å². The minimum absolute atomic E-state index is 0.391. The second-order valence-electron chi connectivity index (χ2n) is 3.24. The lowest BCUT2D eigenvalue weighted by molar-refractivity contribution is 0.0572. The van der Waals surface area contributed by atoms with E-state index in [9.17, 15) is 10.2 Å². The molecule has 1 aromatic rings. The number of anilines is 1. The van der Waals surface area contributed by atoms with Crippen LogP contribution in [0.25, 0.3) is 0 Å². The van der Waals surface area contributed by atoms with E-state index in [-0.39, 0.29) is 0 Å². The fraction of sp³-hybridized carbons (Fsp3) is 0.500. The second-order valence-corrected chi connectivity index (χ2v) is 4.49. The van der Waals surface area contributed by atoms with E-state index in [0.717, 1.165) is 3.57 Å². The lowest BCUT2D eigenvalue weighted by atomic mass is 10.3. The molecule has 1 saturated heterocycles. The highest BCUT2D eigenvalue weighted by Gasteiger charge is 2.30. The summed E-state index contributed by atoms with van der Waals surface area (Å²) >= 11 is 2.13. The van der Waals surface area contributed by atoms with Gasteiger partial charge in [-0.05, 0) is 22.6 Å². The molecule has 2 rings (SSSR count). The Morgan fingerprint density at radius 3 is 2.21 bits per heavy atom. The van der Waals surface area contributed by atoms with Gasteiger partial charge in [-0.3, -0.25) is 0 Å². The van der Waals surface area contributed by atoms with E-state index < -0.39 is 12.2 Å². The third-order valence-corrected chi connectivity index (χ3v) is 2.71. The monoisotopic (exact) mass is 307 g/mol. The van der Waals surface area contributed by atoms with Crippen molar-refractivity contribution in [2.24, 2.45) is 0 Å². The maximum absolute atomic E-state index is 9.34. The largest absolute Gasteiger partial charge is 0.388 e. The van der Waals surface area contributed by atoms with E-state index in [1.165, 1.54) is 0 Å². The zero-order chi connectivity index (χ0) is 10.1. The van der Waals surface area contributed by atoms with Crippen LogP contribution in [-0.4, -0.2) is 45.5 Å². The molecule has 0 spiro atoms. The summed E-state index contributed by atoms with van der Waals surface area (Å²) in [5, 5.41) is 18.7. The Kier molecular flexibility index (Phi) is 2.84. The highest BCUT2D eigenvalue weighted by molar-refractivity contribution is 14.1. The van der Waals surface area contributed by atoms with E-state index >= 15 is 0 Å². The molecule has 2 atom stereocenters. The average Bonchev–Trinajstić information content (AvgIpc) is 2.48. The van der Waals surface area contributed by atoms with Crippen molar-refractivity contribution in [2.75, 3.05) is 18.0 Å². The molecule has 2 N–H and O–H groups in total. The van der Waals surface area contributed by atoms with Crippen LogP contribution in [0, 0.1) is 3.57 Å². The van der Waals surface area contributed by atoms with Gasteiger partial charge in [0.15, 0.2) is 0 Å². The van der Waals surface area contributed by atoms with E-state index in [1.54, 1.807) is 17.3 Å². The van der Waals surface area contributed by atoms with Gasteiger partial charge in [-0.2, -0.15) is 0 Å². The topological polar surface area (TPSA) is 69.5 Å². The molecule has 14 heavy (non-hydrogen) atoms. The van der Waals surface area contributed by atoms with Gasteiger partial charge in [0, 0.05) is 29.1 Å². The summed E-state index contributed by atoms with van der Waals surface area (Å²) in [6, 6.07) is 0. The molecule has 2 unspecified atom stereocenters. The van der Waals surface area contributed by atoms with Crippen LogP contribution < -0.4 is 4.90 Å². The molecule has 6 heteroatoms. The molecule has 76 valence electrons. The maximum Gasteiger partial charge on any atom is 0.225 e. The first-order valence-corrected chi connectivity index (χ1v) is 5.33. The molecular weight excluding hydrogens is 297 g/mol. The number of aliphatic hydroxyl groups excluding tert-OH is 2. The van der Waals surface area contributed by atoms with Gasteiger partial charge in [0.25, 0.3) is 0 Å². The SMILES string of the molecule is OC1CN(c2ncc(I)cn2)CC1O. The Balaban J connectivity index is 2.13. The molecule has 2 heterocycles. The van der Waals surface area contributed by atoms with Gasteiger partial charge in [-0.1, -0.05) is 0 Å². The lowest BCUT2D eigenvalue weighted by Crippen LogP contribution is -2.23. The molecule has 0 saturated carbocycles. The number of rotatable bonds is 1. The van der Waals surface area contributed by atoms with Gasteiger partial charge < -0.3 is 15.1 Å². The van der Waals surface area contributed by atoms with Crippen LogP contribution in [0.15, 0.2) is 12.4 Å². The summed E-state index contributed by atoms with van der Waals surface area (Å²) in [6.07, 6.45) is 2.02. The van der Waals surface area contributed by atoms with Crippen molar-refractivity contribution in [3.63, 3.8) is 0 Å². The molecular formula is C8H10IN3O2. The third-order valence-electron chi connectivity index (χ3n) is 2.15. The lowest BCUT2D eigenvalue weighted by Gasteiger charge is -2.14. The normalized spacial score (nSPS) is 26.9. The maximum atomic E-state index is 9.34.